The van der Waals surface area contributed by atoms with Gasteiger partial charge < -0.3 is 25.4 Å². The zero-order valence-corrected chi connectivity index (χ0v) is 10.7. The van der Waals surface area contributed by atoms with Gasteiger partial charge in [0.1, 0.15) is 6.04 Å². The Hall–Kier alpha value is -2.09. The molecule has 106 valence electrons. The van der Waals surface area contributed by atoms with Crippen LogP contribution in [0.1, 0.15) is 12.6 Å². The number of carboxylic acids is 1. The molecule has 19 heavy (non-hydrogen) atoms. The number of imidazole rings is 1. The van der Waals surface area contributed by atoms with Gasteiger partial charge in [-0.05, 0) is 6.92 Å². The SMILES string of the molecule is CCN(CCO)C(=O)N[C@@H](Cc1cnc[nH]1)C(=O)O. The summed E-state index contributed by atoms with van der Waals surface area (Å²) in [5.74, 6) is -1.12. The molecule has 0 saturated carbocycles. The topological polar surface area (TPSA) is 119 Å². The molecule has 1 aromatic heterocycles. The van der Waals surface area contributed by atoms with Gasteiger partial charge in [0, 0.05) is 31.4 Å². The maximum Gasteiger partial charge on any atom is 0.326 e. The van der Waals surface area contributed by atoms with E-state index >= 15 is 0 Å². The number of carbonyl (C=O) groups is 2. The minimum atomic E-state index is -1.12. The summed E-state index contributed by atoms with van der Waals surface area (Å²) in [4.78, 5) is 30.8. The maximum absolute atomic E-state index is 11.8. The Bertz CT molecular complexity index is 407. The highest BCUT2D eigenvalue weighted by atomic mass is 16.4. The lowest BCUT2D eigenvalue weighted by Crippen LogP contribution is -2.49. The van der Waals surface area contributed by atoms with E-state index in [9.17, 15) is 9.59 Å². The number of rotatable bonds is 7. The second-order valence-corrected chi connectivity index (χ2v) is 3.92. The Kier molecular flexibility index (Phi) is 5.80. The number of amides is 2. The molecule has 0 saturated heterocycles. The van der Waals surface area contributed by atoms with Crippen molar-refractivity contribution < 1.29 is 19.8 Å². The second kappa shape index (κ2) is 7.37. The molecule has 1 rings (SSSR count). The number of aliphatic hydroxyl groups is 1. The van der Waals surface area contributed by atoms with Crippen LogP contribution in [0, 0.1) is 0 Å². The van der Waals surface area contributed by atoms with Crippen LogP contribution in [0.4, 0.5) is 4.79 Å². The molecular weight excluding hydrogens is 252 g/mol. The van der Waals surface area contributed by atoms with Crippen LogP contribution >= 0.6 is 0 Å². The number of hydrogen-bond donors (Lipinski definition) is 4. The Morgan fingerprint density at radius 3 is 2.79 bits per heavy atom. The van der Waals surface area contributed by atoms with E-state index in [2.05, 4.69) is 15.3 Å². The highest BCUT2D eigenvalue weighted by Crippen LogP contribution is 2.00. The van der Waals surface area contributed by atoms with Crippen molar-refractivity contribution in [3.63, 3.8) is 0 Å². The van der Waals surface area contributed by atoms with Gasteiger partial charge in [-0.25, -0.2) is 14.6 Å². The fraction of sp³-hybridized carbons (Fsp3) is 0.545. The molecule has 1 aromatic rings. The molecule has 2 amide bonds. The van der Waals surface area contributed by atoms with E-state index in [-0.39, 0.29) is 19.6 Å². The normalized spacial score (nSPS) is 11.9. The predicted octanol–water partition coefficient (Wildman–Crippen LogP) is -0.571. The minimum absolute atomic E-state index is 0.123. The largest absolute Gasteiger partial charge is 0.480 e. The summed E-state index contributed by atoms with van der Waals surface area (Å²) in [7, 11) is 0. The van der Waals surface area contributed by atoms with Gasteiger partial charge in [0.15, 0.2) is 0 Å². The molecule has 4 N–H and O–H groups in total. The van der Waals surface area contributed by atoms with E-state index < -0.39 is 18.0 Å². The van der Waals surface area contributed by atoms with Crippen LogP contribution in [-0.4, -0.2) is 62.8 Å². The van der Waals surface area contributed by atoms with Crippen LogP contribution in [0.15, 0.2) is 12.5 Å². The first-order chi connectivity index (χ1) is 9.08. The molecule has 0 aliphatic heterocycles. The van der Waals surface area contributed by atoms with Crippen molar-refractivity contribution >= 4 is 12.0 Å². The van der Waals surface area contributed by atoms with Crippen molar-refractivity contribution in [2.75, 3.05) is 19.7 Å². The van der Waals surface area contributed by atoms with Gasteiger partial charge >= 0.3 is 12.0 Å². The summed E-state index contributed by atoms with van der Waals surface area (Å²) in [6.45, 7) is 2.14. The van der Waals surface area contributed by atoms with Crippen molar-refractivity contribution in [1.29, 1.82) is 0 Å². The van der Waals surface area contributed by atoms with Crippen molar-refractivity contribution in [3.8, 4) is 0 Å². The van der Waals surface area contributed by atoms with Crippen LogP contribution < -0.4 is 5.32 Å². The number of likely N-dealkylation sites (N-methyl/N-ethyl adjacent to an activating group) is 1. The highest BCUT2D eigenvalue weighted by Gasteiger charge is 2.23. The van der Waals surface area contributed by atoms with Crippen LogP contribution in [0.25, 0.3) is 0 Å². The average Bonchev–Trinajstić information content (AvgIpc) is 2.87. The van der Waals surface area contributed by atoms with Crippen molar-refractivity contribution in [2.45, 2.75) is 19.4 Å². The Morgan fingerprint density at radius 2 is 2.32 bits per heavy atom. The Morgan fingerprint density at radius 1 is 1.58 bits per heavy atom. The molecule has 0 aromatic carbocycles. The lowest BCUT2D eigenvalue weighted by atomic mass is 10.1. The average molecular weight is 270 g/mol. The number of aliphatic hydroxyl groups excluding tert-OH is 1. The van der Waals surface area contributed by atoms with Crippen molar-refractivity contribution in [3.05, 3.63) is 18.2 Å². The van der Waals surface area contributed by atoms with E-state index in [1.165, 1.54) is 17.4 Å². The van der Waals surface area contributed by atoms with E-state index in [1.807, 2.05) is 0 Å². The zero-order chi connectivity index (χ0) is 14.3. The number of aromatic nitrogens is 2. The number of H-pyrrole nitrogens is 1. The summed E-state index contributed by atoms with van der Waals surface area (Å²) in [5.41, 5.74) is 0.623. The molecular formula is C11H18N4O4. The van der Waals surface area contributed by atoms with Crippen molar-refractivity contribution in [2.24, 2.45) is 0 Å². The maximum atomic E-state index is 11.8. The standard InChI is InChI=1S/C11H18N4O4/c1-2-15(3-4-16)11(19)14-9(10(17)18)5-8-6-12-7-13-8/h6-7,9,16H,2-5H2,1H3,(H,12,13)(H,14,19)(H,17,18)/t9-/m0/s1. The fourth-order valence-electron chi connectivity index (χ4n) is 1.58. The molecule has 8 nitrogen and oxygen atoms in total. The lowest BCUT2D eigenvalue weighted by Gasteiger charge is -2.22. The number of carbonyl (C=O) groups excluding carboxylic acids is 1. The first-order valence-corrected chi connectivity index (χ1v) is 5.94. The predicted molar refractivity (Wildman–Crippen MR) is 66.6 cm³/mol. The quantitative estimate of drug-likeness (QED) is 0.529. The van der Waals surface area contributed by atoms with Crippen LogP contribution in [-0.2, 0) is 11.2 Å². The third-order valence-corrected chi connectivity index (χ3v) is 2.61. The smallest absolute Gasteiger partial charge is 0.326 e. The highest BCUT2D eigenvalue weighted by molar-refractivity contribution is 5.82. The monoisotopic (exact) mass is 270 g/mol. The summed E-state index contributed by atoms with van der Waals surface area (Å²) in [6, 6.07) is -1.55. The third-order valence-electron chi connectivity index (χ3n) is 2.61. The van der Waals surface area contributed by atoms with E-state index in [0.717, 1.165) is 0 Å². The van der Waals surface area contributed by atoms with Gasteiger partial charge in [-0.1, -0.05) is 0 Å². The number of carboxylic acid groups (broad SMARTS) is 1. The van der Waals surface area contributed by atoms with Gasteiger partial charge in [-0.2, -0.15) is 0 Å². The van der Waals surface area contributed by atoms with Gasteiger partial charge in [-0.15, -0.1) is 0 Å². The van der Waals surface area contributed by atoms with Gasteiger partial charge in [0.05, 0.1) is 12.9 Å². The number of hydrogen-bond acceptors (Lipinski definition) is 4. The van der Waals surface area contributed by atoms with Crippen molar-refractivity contribution in [1.82, 2.24) is 20.2 Å². The number of nitrogens with zero attached hydrogens (tertiary/aromatic N) is 2. The zero-order valence-electron chi connectivity index (χ0n) is 10.7. The number of aromatic amines is 1. The summed E-state index contributed by atoms with van der Waals surface area (Å²) >= 11 is 0. The summed E-state index contributed by atoms with van der Waals surface area (Å²) in [5, 5.41) is 20.3. The van der Waals surface area contributed by atoms with E-state index in [4.69, 9.17) is 10.2 Å². The molecule has 0 bridgehead atoms. The number of aliphatic carboxylic acids is 1. The molecule has 0 spiro atoms. The number of urea groups is 1. The first-order valence-electron chi connectivity index (χ1n) is 5.94. The van der Waals surface area contributed by atoms with Crippen LogP contribution in [0.3, 0.4) is 0 Å². The van der Waals surface area contributed by atoms with Gasteiger partial charge in [0.2, 0.25) is 0 Å². The molecule has 1 heterocycles. The van der Waals surface area contributed by atoms with Gasteiger partial charge in [-0.3, -0.25) is 0 Å². The minimum Gasteiger partial charge on any atom is -0.480 e. The molecule has 0 aliphatic carbocycles. The molecule has 1 atom stereocenters. The molecule has 0 fully saturated rings. The van der Waals surface area contributed by atoms with Gasteiger partial charge in [0.25, 0.3) is 0 Å². The molecule has 0 unspecified atom stereocenters. The molecule has 8 heteroatoms. The third kappa shape index (κ3) is 4.59. The first kappa shape index (κ1) is 15.0. The van der Waals surface area contributed by atoms with E-state index in [0.29, 0.717) is 12.2 Å². The van der Waals surface area contributed by atoms with Crippen LogP contribution in [0.5, 0.6) is 0 Å². The Balaban J connectivity index is 2.62. The summed E-state index contributed by atoms with van der Waals surface area (Å²) < 4.78 is 0. The molecule has 0 radical (unpaired) electrons. The fourth-order valence-corrected chi connectivity index (χ4v) is 1.58. The molecule has 0 aliphatic rings. The second-order valence-electron chi connectivity index (χ2n) is 3.92. The Labute approximate surface area is 110 Å². The van der Waals surface area contributed by atoms with Crippen LogP contribution in [0.2, 0.25) is 0 Å². The lowest BCUT2D eigenvalue weighted by molar-refractivity contribution is -0.139. The summed E-state index contributed by atoms with van der Waals surface area (Å²) in [6.07, 6.45) is 3.07. The van der Waals surface area contributed by atoms with E-state index in [1.54, 1.807) is 6.92 Å². The number of nitrogens with one attached hydrogen (secondary N) is 2.